The lowest BCUT2D eigenvalue weighted by Gasteiger charge is -2.22. The zero-order chi connectivity index (χ0) is 15.1. The van der Waals surface area contributed by atoms with Crippen molar-refractivity contribution in [2.75, 3.05) is 18.6 Å². The van der Waals surface area contributed by atoms with Crippen LogP contribution in [-0.2, 0) is 19.9 Å². The van der Waals surface area contributed by atoms with Gasteiger partial charge in [0.25, 0.3) is 0 Å². The molecule has 9 heteroatoms. The molecule has 0 bridgehead atoms. The van der Waals surface area contributed by atoms with E-state index in [1.807, 2.05) is 0 Å². The van der Waals surface area contributed by atoms with Gasteiger partial charge in [0, 0.05) is 13.1 Å². The third-order valence-electron chi connectivity index (χ3n) is 3.29. The Morgan fingerprint density at radius 1 is 1.25 bits per heavy atom. The van der Waals surface area contributed by atoms with Crippen LogP contribution in [0.25, 0.3) is 0 Å². The van der Waals surface area contributed by atoms with Gasteiger partial charge in [-0.2, -0.15) is 4.31 Å². The van der Waals surface area contributed by atoms with E-state index in [9.17, 15) is 16.8 Å². The molecule has 0 unspecified atom stereocenters. The molecule has 0 aromatic heterocycles. The van der Waals surface area contributed by atoms with Gasteiger partial charge in [0.15, 0.2) is 9.84 Å². The summed E-state index contributed by atoms with van der Waals surface area (Å²) >= 11 is 11.6. The molecule has 2 rings (SSSR count). The Kier molecular flexibility index (Phi) is 4.37. The van der Waals surface area contributed by atoms with Gasteiger partial charge < -0.3 is 0 Å². The minimum atomic E-state index is -3.79. The zero-order valence-corrected chi connectivity index (χ0v) is 13.7. The summed E-state index contributed by atoms with van der Waals surface area (Å²) in [6.07, 6.45) is 0.305. The number of rotatable bonds is 3. The third kappa shape index (κ3) is 3.12. The van der Waals surface area contributed by atoms with Crippen molar-refractivity contribution in [2.45, 2.75) is 17.4 Å². The molecule has 1 saturated heterocycles. The van der Waals surface area contributed by atoms with Crippen LogP contribution in [0.5, 0.6) is 0 Å². The lowest BCUT2D eigenvalue weighted by molar-refractivity contribution is 0.394. The summed E-state index contributed by atoms with van der Waals surface area (Å²) in [7, 11) is -5.56. The quantitative estimate of drug-likeness (QED) is 0.826. The SMILES string of the molecule is CN([C@@H]1CCS(=O)(=O)C1)S(=O)(=O)c1ccc(Cl)c(Cl)c1. The van der Waals surface area contributed by atoms with E-state index in [1.54, 1.807) is 0 Å². The predicted octanol–water partition coefficient (Wildman–Crippen LogP) is 1.80. The first-order chi connectivity index (χ1) is 9.13. The van der Waals surface area contributed by atoms with Crippen LogP contribution in [0.15, 0.2) is 23.1 Å². The highest BCUT2D eigenvalue weighted by molar-refractivity contribution is 7.92. The van der Waals surface area contributed by atoms with E-state index in [1.165, 1.54) is 25.2 Å². The fourth-order valence-corrected chi connectivity index (χ4v) is 5.71. The number of hydrogen-bond acceptors (Lipinski definition) is 4. The molecule has 0 N–H and O–H groups in total. The first-order valence-corrected chi connectivity index (χ1v) is 9.79. The number of hydrogen-bond donors (Lipinski definition) is 0. The van der Waals surface area contributed by atoms with Gasteiger partial charge in [-0.15, -0.1) is 0 Å². The topological polar surface area (TPSA) is 71.5 Å². The van der Waals surface area contributed by atoms with Gasteiger partial charge in [0.2, 0.25) is 10.0 Å². The molecule has 1 aliphatic heterocycles. The standard InChI is InChI=1S/C11H13Cl2NO4S2/c1-14(8-4-5-19(15,16)7-8)20(17,18)9-2-3-10(12)11(13)6-9/h2-3,6,8H,4-5,7H2,1H3/t8-/m1/s1. The van der Waals surface area contributed by atoms with Crippen molar-refractivity contribution < 1.29 is 16.8 Å². The van der Waals surface area contributed by atoms with Gasteiger partial charge in [0.05, 0.1) is 26.4 Å². The first-order valence-electron chi connectivity index (χ1n) is 5.77. The summed E-state index contributed by atoms with van der Waals surface area (Å²) in [6, 6.07) is 3.47. The van der Waals surface area contributed by atoms with E-state index in [-0.39, 0.29) is 26.4 Å². The Morgan fingerprint density at radius 2 is 1.90 bits per heavy atom. The number of sulfone groups is 1. The molecular weight excluding hydrogens is 345 g/mol. The molecule has 5 nitrogen and oxygen atoms in total. The summed E-state index contributed by atoms with van der Waals surface area (Å²) in [5.74, 6) is -0.136. The molecule has 1 aliphatic rings. The van der Waals surface area contributed by atoms with Crippen molar-refractivity contribution in [1.82, 2.24) is 4.31 Å². The van der Waals surface area contributed by atoms with Crippen molar-refractivity contribution in [1.29, 1.82) is 0 Å². The van der Waals surface area contributed by atoms with Gasteiger partial charge in [0.1, 0.15) is 0 Å². The Morgan fingerprint density at radius 3 is 2.40 bits per heavy atom. The van der Waals surface area contributed by atoms with Crippen LogP contribution in [-0.4, -0.2) is 45.7 Å². The fraction of sp³-hybridized carbons (Fsp3) is 0.455. The number of halogens is 2. The van der Waals surface area contributed by atoms with Crippen LogP contribution in [0.4, 0.5) is 0 Å². The van der Waals surface area contributed by atoms with Crippen LogP contribution < -0.4 is 0 Å². The second-order valence-corrected chi connectivity index (χ2v) is 9.69. The van der Waals surface area contributed by atoms with Crippen LogP contribution in [0.3, 0.4) is 0 Å². The fourth-order valence-electron chi connectivity index (χ4n) is 2.06. The van der Waals surface area contributed by atoms with Crippen LogP contribution in [0.1, 0.15) is 6.42 Å². The minimum absolute atomic E-state index is 0.00121. The van der Waals surface area contributed by atoms with Crippen LogP contribution in [0, 0.1) is 0 Å². The van der Waals surface area contributed by atoms with Gasteiger partial charge >= 0.3 is 0 Å². The lowest BCUT2D eigenvalue weighted by atomic mass is 10.3. The molecule has 1 atom stereocenters. The Labute approximate surface area is 128 Å². The molecule has 1 aromatic rings. The Bertz CT molecular complexity index is 731. The molecule has 0 amide bonds. The molecule has 1 heterocycles. The summed E-state index contributed by atoms with van der Waals surface area (Å²) in [6.45, 7) is 0. The lowest BCUT2D eigenvalue weighted by Crippen LogP contribution is -2.37. The highest BCUT2D eigenvalue weighted by Gasteiger charge is 2.36. The maximum Gasteiger partial charge on any atom is 0.243 e. The molecule has 112 valence electrons. The van der Waals surface area contributed by atoms with Gasteiger partial charge in [-0.1, -0.05) is 23.2 Å². The summed E-state index contributed by atoms with van der Waals surface area (Å²) in [5.41, 5.74) is 0. The van der Waals surface area contributed by atoms with E-state index < -0.39 is 25.9 Å². The molecule has 20 heavy (non-hydrogen) atoms. The smallest absolute Gasteiger partial charge is 0.229 e. The van der Waals surface area contributed by atoms with E-state index >= 15 is 0 Å². The summed E-state index contributed by atoms with van der Waals surface area (Å²) in [4.78, 5) is -0.00121. The van der Waals surface area contributed by atoms with E-state index in [2.05, 4.69) is 0 Å². The monoisotopic (exact) mass is 357 g/mol. The molecule has 1 aromatic carbocycles. The molecule has 0 saturated carbocycles. The number of nitrogens with zero attached hydrogens (tertiary/aromatic N) is 1. The normalized spacial score (nSPS) is 22.3. The second-order valence-electron chi connectivity index (χ2n) is 4.65. The van der Waals surface area contributed by atoms with E-state index in [4.69, 9.17) is 23.2 Å². The highest BCUT2D eigenvalue weighted by Crippen LogP contribution is 2.28. The molecule has 0 aliphatic carbocycles. The van der Waals surface area contributed by atoms with Gasteiger partial charge in [-0.05, 0) is 24.6 Å². The van der Waals surface area contributed by atoms with Gasteiger partial charge in [-0.25, -0.2) is 16.8 Å². The summed E-state index contributed by atoms with van der Waals surface area (Å²) in [5, 5.41) is 0.400. The Hall–Kier alpha value is -0.340. The molecular formula is C11H13Cl2NO4S2. The molecule has 0 radical (unpaired) electrons. The van der Waals surface area contributed by atoms with Crippen molar-refractivity contribution in [3.63, 3.8) is 0 Å². The Balaban J connectivity index is 2.32. The molecule has 1 fully saturated rings. The third-order valence-corrected chi connectivity index (χ3v) is 7.69. The number of sulfonamides is 1. The maximum absolute atomic E-state index is 12.4. The van der Waals surface area contributed by atoms with Crippen molar-refractivity contribution in [2.24, 2.45) is 0 Å². The molecule has 0 spiro atoms. The average Bonchev–Trinajstić information content (AvgIpc) is 2.72. The van der Waals surface area contributed by atoms with Crippen molar-refractivity contribution in [3.05, 3.63) is 28.2 Å². The largest absolute Gasteiger partial charge is 0.243 e. The minimum Gasteiger partial charge on any atom is -0.229 e. The van der Waals surface area contributed by atoms with Crippen LogP contribution in [0.2, 0.25) is 10.0 Å². The van der Waals surface area contributed by atoms with Gasteiger partial charge in [-0.3, -0.25) is 0 Å². The highest BCUT2D eigenvalue weighted by atomic mass is 35.5. The second kappa shape index (κ2) is 5.46. The number of benzene rings is 1. The predicted molar refractivity (Wildman–Crippen MR) is 78.5 cm³/mol. The average molecular weight is 358 g/mol. The van der Waals surface area contributed by atoms with E-state index in [0.717, 1.165) is 4.31 Å². The van der Waals surface area contributed by atoms with Crippen molar-refractivity contribution >= 4 is 43.1 Å². The zero-order valence-electron chi connectivity index (χ0n) is 10.6. The van der Waals surface area contributed by atoms with Crippen LogP contribution >= 0.6 is 23.2 Å². The van der Waals surface area contributed by atoms with Crippen molar-refractivity contribution in [3.8, 4) is 0 Å². The summed E-state index contributed by atoms with van der Waals surface area (Å²) < 4.78 is 48.8. The maximum atomic E-state index is 12.4. The first kappa shape index (κ1) is 16.0. The van der Waals surface area contributed by atoms with E-state index in [0.29, 0.717) is 6.42 Å².